The minimum atomic E-state index is -0.753. The molecule has 0 radical (unpaired) electrons. The fourth-order valence-corrected chi connectivity index (χ4v) is 3.32. The van der Waals surface area contributed by atoms with Crippen LogP contribution in [0.4, 0.5) is 14.5 Å². The molecule has 2 bridgehead atoms. The van der Waals surface area contributed by atoms with Gasteiger partial charge >= 0.3 is 0 Å². The predicted molar refractivity (Wildman–Crippen MR) is 76.3 cm³/mol. The zero-order valence-corrected chi connectivity index (χ0v) is 12.0. The maximum atomic E-state index is 13.7. The highest BCUT2D eigenvalue weighted by molar-refractivity contribution is 5.94. The summed E-state index contributed by atoms with van der Waals surface area (Å²) in [5.41, 5.74) is -0.185. The molecule has 3 heterocycles. The van der Waals surface area contributed by atoms with Gasteiger partial charge in [-0.2, -0.15) is 0 Å². The summed E-state index contributed by atoms with van der Waals surface area (Å²) < 4.78 is 27.4. The zero-order valence-electron chi connectivity index (χ0n) is 12.0. The average molecular weight is 295 g/mol. The van der Waals surface area contributed by atoms with E-state index in [9.17, 15) is 13.6 Å². The lowest BCUT2D eigenvalue weighted by molar-refractivity contribution is 0.0620. The molecule has 3 fully saturated rings. The quantitative estimate of drug-likeness (QED) is 0.894. The molecular formula is C15H19F2N3O. The molecule has 21 heavy (non-hydrogen) atoms. The Labute approximate surface area is 122 Å². The van der Waals surface area contributed by atoms with Crippen molar-refractivity contribution in [3.63, 3.8) is 0 Å². The van der Waals surface area contributed by atoms with E-state index in [4.69, 9.17) is 0 Å². The van der Waals surface area contributed by atoms with E-state index in [2.05, 4.69) is 15.5 Å². The SMILES string of the molecule is CNc1c(F)cc(C(=O)NC2CN3CCC2CC3)cc1F. The van der Waals surface area contributed by atoms with E-state index in [1.54, 1.807) is 0 Å². The minimum Gasteiger partial charge on any atom is -0.383 e. The van der Waals surface area contributed by atoms with Crippen molar-refractivity contribution >= 4 is 11.6 Å². The average Bonchev–Trinajstić information content (AvgIpc) is 2.48. The Bertz CT molecular complexity index is 533. The highest BCUT2D eigenvalue weighted by Crippen LogP contribution is 2.28. The van der Waals surface area contributed by atoms with Crippen LogP contribution in [0.3, 0.4) is 0 Å². The largest absolute Gasteiger partial charge is 0.383 e. The summed E-state index contributed by atoms with van der Waals surface area (Å²) in [6.07, 6.45) is 2.15. The van der Waals surface area contributed by atoms with Crippen LogP contribution in [-0.4, -0.2) is 43.5 Å². The van der Waals surface area contributed by atoms with E-state index in [-0.39, 0.29) is 17.3 Å². The van der Waals surface area contributed by atoms with E-state index in [1.165, 1.54) is 7.05 Å². The van der Waals surface area contributed by atoms with Gasteiger partial charge in [0.25, 0.3) is 5.91 Å². The Kier molecular flexibility index (Phi) is 3.80. The van der Waals surface area contributed by atoms with Crippen LogP contribution >= 0.6 is 0 Å². The van der Waals surface area contributed by atoms with E-state index in [0.717, 1.165) is 44.6 Å². The Hall–Kier alpha value is -1.69. The van der Waals surface area contributed by atoms with Gasteiger partial charge in [-0.1, -0.05) is 0 Å². The van der Waals surface area contributed by atoms with E-state index in [1.807, 2.05) is 0 Å². The molecule has 1 aromatic rings. The molecule has 0 aromatic heterocycles. The Morgan fingerprint density at radius 1 is 1.24 bits per heavy atom. The molecular weight excluding hydrogens is 276 g/mol. The zero-order chi connectivity index (χ0) is 15.0. The number of rotatable bonds is 3. The second-order valence-corrected chi connectivity index (χ2v) is 5.78. The number of nitrogens with one attached hydrogen (secondary N) is 2. The number of amides is 1. The molecule has 0 saturated carbocycles. The summed E-state index contributed by atoms with van der Waals surface area (Å²) in [5.74, 6) is -1.44. The maximum Gasteiger partial charge on any atom is 0.251 e. The van der Waals surface area contributed by atoms with E-state index < -0.39 is 17.5 Å². The third-order valence-electron chi connectivity index (χ3n) is 4.53. The summed E-state index contributed by atoms with van der Waals surface area (Å²) in [4.78, 5) is 14.5. The lowest BCUT2D eigenvalue weighted by Crippen LogP contribution is -2.57. The number of anilines is 1. The molecule has 2 N–H and O–H groups in total. The van der Waals surface area contributed by atoms with Crippen molar-refractivity contribution in [3.05, 3.63) is 29.3 Å². The van der Waals surface area contributed by atoms with Crippen LogP contribution in [-0.2, 0) is 0 Å². The maximum absolute atomic E-state index is 13.7. The van der Waals surface area contributed by atoms with Crippen molar-refractivity contribution < 1.29 is 13.6 Å². The van der Waals surface area contributed by atoms with Gasteiger partial charge in [0.2, 0.25) is 0 Å². The molecule has 1 aromatic carbocycles. The number of hydrogen-bond donors (Lipinski definition) is 2. The molecule has 3 aliphatic heterocycles. The second-order valence-electron chi connectivity index (χ2n) is 5.78. The molecule has 3 aliphatic rings. The number of halogens is 2. The number of carbonyl (C=O) groups is 1. The molecule has 1 amide bonds. The van der Waals surface area contributed by atoms with Crippen LogP contribution in [0.1, 0.15) is 23.2 Å². The van der Waals surface area contributed by atoms with Crippen molar-refractivity contribution in [2.45, 2.75) is 18.9 Å². The standard InChI is InChI=1S/C15H19F2N3O/c1-18-14-11(16)6-10(7-12(14)17)15(21)19-13-8-20-4-2-9(13)3-5-20/h6-7,9,13,18H,2-5,8H2,1H3,(H,19,21). The van der Waals surface area contributed by atoms with Crippen LogP contribution in [0.2, 0.25) is 0 Å². The first-order valence-corrected chi connectivity index (χ1v) is 7.28. The van der Waals surface area contributed by atoms with Gasteiger partial charge in [0, 0.05) is 25.2 Å². The topological polar surface area (TPSA) is 44.4 Å². The Morgan fingerprint density at radius 2 is 1.86 bits per heavy atom. The third-order valence-corrected chi connectivity index (χ3v) is 4.53. The summed E-state index contributed by atoms with van der Waals surface area (Å²) in [7, 11) is 1.44. The number of hydrogen-bond acceptors (Lipinski definition) is 3. The molecule has 4 rings (SSSR count). The van der Waals surface area contributed by atoms with Gasteiger partial charge in [0.05, 0.1) is 0 Å². The smallest absolute Gasteiger partial charge is 0.251 e. The van der Waals surface area contributed by atoms with Crippen molar-refractivity contribution in [2.24, 2.45) is 5.92 Å². The van der Waals surface area contributed by atoms with Gasteiger partial charge in [-0.05, 0) is 44.0 Å². The summed E-state index contributed by atoms with van der Waals surface area (Å²) >= 11 is 0. The fourth-order valence-electron chi connectivity index (χ4n) is 3.32. The predicted octanol–water partition coefficient (Wildman–Crippen LogP) is 1.83. The molecule has 3 saturated heterocycles. The molecule has 6 heteroatoms. The van der Waals surface area contributed by atoms with Crippen molar-refractivity contribution in [1.29, 1.82) is 0 Å². The van der Waals surface area contributed by atoms with Crippen molar-refractivity contribution in [1.82, 2.24) is 10.2 Å². The van der Waals surface area contributed by atoms with Crippen LogP contribution in [0.25, 0.3) is 0 Å². The van der Waals surface area contributed by atoms with E-state index >= 15 is 0 Å². The highest BCUT2D eigenvalue weighted by Gasteiger charge is 2.35. The minimum absolute atomic E-state index is 0.0282. The third kappa shape index (κ3) is 2.72. The Morgan fingerprint density at radius 3 is 2.33 bits per heavy atom. The van der Waals surface area contributed by atoms with Crippen molar-refractivity contribution in [3.8, 4) is 0 Å². The van der Waals surface area contributed by atoms with Crippen molar-refractivity contribution in [2.75, 3.05) is 32.0 Å². The van der Waals surface area contributed by atoms with Gasteiger partial charge in [0.15, 0.2) is 0 Å². The number of carbonyl (C=O) groups excluding carboxylic acids is 1. The monoisotopic (exact) mass is 295 g/mol. The van der Waals surface area contributed by atoms with E-state index in [0.29, 0.717) is 5.92 Å². The van der Waals surface area contributed by atoms with Gasteiger partial charge in [-0.3, -0.25) is 4.79 Å². The number of piperidine rings is 3. The van der Waals surface area contributed by atoms with Crippen LogP contribution < -0.4 is 10.6 Å². The normalized spacial score (nSPS) is 27.5. The van der Waals surface area contributed by atoms with Crippen LogP contribution in [0.5, 0.6) is 0 Å². The highest BCUT2D eigenvalue weighted by atomic mass is 19.1. The molecule has 1 unspecified atom stereocenters. The molecule has 4 nitrogen and oxygen atoms in total. The van der Waals surface area contributed by atoms with Crippen LogP contribution in [0, 0.1) is 17.6 Å². The summed E-state index contributed by atoms with van der Waals surface area (Å²) in [6, 6.07) is 2.23. The first-order chi connectivity index (χ1) is 10.1. The number of nitrogens with zero attached hydrogens (tertiary/aromatic N) is 1. The summed E-state index contributed by atoms with van der Waals surface area (Å²) in [6.45, 7) is 2.99. The van der Waals surface area contributed by atoms with Gasteiger partial charge in [-0.15, -0.1) is 0 Å². The lowest BCUT2D eigenvalue weighted by Gasteiger charge is -2.44. The second kappa shape index (κ2) is 5.60. The molecule has 1 atom stereocenters. The van der Waals surface area contributed by atoms with Gasteiger partial charge < -0.3 is 15.5 Å². The molecule has 0 aliphatic carbocycles. The molecule has 0 spiro atoms. The number of fused-ring (bicyclic) bond motifs is 3. The molecule has 114 valence electrons. The Balaban J connectivity index is 1.74. The first kappa shape index (κ1) is 14.3. The van der Waals surface area contributed by atoms with Gasteiger partial charge in [0.1, 0.15) is 17.3 Å². The van der Waals surface area contributed by atoms with Gasteiger partial charge in [-0.25, -0.2) is 8.78 Å². The fraction of sp³-hybridized carbons (Fsp3) is 0.533. The first-order valence-electron chi connectivity index (χ1n) is 7.28. The number of benzene rings is 1. The summed E-state index contributed by atoms with van der Waals surface area (Å²) in [5, 5.41) is 5.37. The lowest BCUT2D eigenvalue weighted by atomic mass is 9.84. The van der Waals surface area contributed by atoms with Crippen LogP contribution in [0.15, 0.2) is 12.1 Å².